The number of benzene rings is 1. The molecular formula is C20H25F3N4O5. The molecule has 176 valence electrons. The van der Waals surface area contributed by atoms with E-state index in [1.54, 1.807) is 16.7 Å². The summed E-state index contributed by atoms with van der Waals surface area (Å²) in [7, 11) is 0. The minimum atomic E-state index is -4.67. The van der Waals surface area contributed by atoms with E-state index in [2.05, 4.69) is 0 Å². The number of nitro groups is 1. The van der Waals surface area contributed by atoms with E-state index in [9.17, 15) is 32.9 Å². The summed E-state index contributed by atoms with van der Waals surface area (Å²) < 4.78 is 43.8. The van der Waals surface area contributed by atoms with Crippen LogP contribution < -0.4 is 4.90 Å². The second-order valence-corrected chi connectivity index (χ2v) is 7.75. The summed E-state index contributed by atoms with van der Waals surface area (Å²) in [6.07, 6.45) is -3.78. The number of carbonyl (C=O) groups excluding carboxylic acids is 2. The summed E-state index contributed by atoms with van der Waals surface area (Å²) in [5, 5.41) is 11.4. The van der Waals surface area contributed by atoms with E-state index in [4.69, 9.17) is 4.74 Å². The van der Waals surface area contributed by atoms with Crippen LogP contribution in [0.1, 0.15) is 25.3 Å². The van der Waals surface area contributed by atoms with Gasteiger partial charge in [-0.25, -0.2) is 4.79 Å². The highest BCUT2D eigenvalue weighted by molar-refractivity contribution is 5.80. The minimum Gasteiger partial charge on any atom is -0.450 e. The Kier molecular flexibility index (Phi) is 7.09. The number of hydrogen-bond donors (Lipinski definition) is 0. The van der Waals surface area contributed by atoms with Crippen molar-refractivity contribution in [2.45, 2.75) is 25.9 Å². The average Bonchev–Trinajstić information content (AvgIpc) is 2.78. The largest absolute Gasteiger partial charge is 0.450 e. The van der Waals surface area contributed by atoms with E-state index < -0.39 is 28.4 Å². The van der Waals surface area contributed by atoms with Crippen molar-refractivity contribution in [1.29, 1.82) is 0 Å². The molecule has 12 heteroatoms. The number of likely N-dealkylation sites (tertiary alicyclic amines) is 1. The third-order valence-corrected chi connectivity index (χ3v) is 5.73. The maximum atomic E-state index is 12.9. The van der Waals surface area contributed by atoms with Gasteiger partial charge < -0.3 is 19.4 Å². The number of carbonyl (C=O) groups is 2. The van der Waals surface area contributed by atoms with Gasteiger partial charge in [0.2, 0.25) is 5.91 Å². The molecule has 2 aliphatic heterocycles. The first kappa shape index (κ1) is 23.6. The summed E-state index contributed by atoms with van der Waals surface area (Å²) in [5.41, 5.74) is -1.59. The summed E-state index contributed by atoms with van der Waals surface area (Å²) in [6, 6.07) is 2.47. The predicted molar refractivity (Wildman–Crippen MR) is 108 cm³/mol. The standard InChI is InChI=1S/C20H25F3N4O5/c1-2-32-19(29)26-7-3-4-14(13-26)18(28)25-10-8-24(9-11-25)16-6-5-15(20(21,22)23)12-17(16)27(30)31/h5-6,12,14H,2-4,7-11,13H2,1H3. The fourth-order valence-corrected chi connectivity index (χ4v) is 4.10. The number of hydrogen-bond acceptors (Lipinski definition) is 6. The first-order chi connectivity index (χ1) is 15.1. The fourth-order valence-electron chi connectivity index (χ4n) is 4.10. The first-order valence-electron chi connectivity index (χ1n) is 10.4. The third-order valence-electron chi connectivity index (χ3n) is 5.73. The molecule has 2 saturated heterocycles. The van der Waals surface area contributed by atoms with Gasteiger partial charge in [-0.3, -0.25) is 14.9 Å². The number of nitrogens with zero attached hydrogens (tertiary/aromatic N) is 4. The molecule has 0 radical (unpaired) electrons. The molecule has 0 aromatic heterocycles. The summed E-state index contributed by atoms with van der Waals surface area (Å²) in [6.45, 7) is 3.87. The van der Waals surface area contributed by atoms with Gasteiger partial charge in [0.1, 0.15) is 5.69 Å². The number of nitro benzene ring substituents is 1. The molecule has 1 aromatic carbocycles. The van der Waals surface area contributed by atoms with Gasteiger partial charge in [0, 0.05) is 45.3 Å². The Bertz CT molecular complexity index is 871. The van der Waals surface area contributed by atoms with E-state index in [0.29, 0.717) is 25.5 Å². The zero-order valence-corrected chi connectivity index (χ0v) is 17.6. The van der Waals surface area contributed by atoms with Gasteiger partial charge in [0.25, 0.3) is 5.69 Å². The number of rotatable bonds is 4. The minimum absolute atomic E-state index is 0.0967. The number of piperidine rings is 1. The van der Waals surface area contributed by atoms with Crippen LogP contribution in [0, 0.1) is 16.0 Å². The number of alkyl halides is 3. The Hall–Kier alpha value is -3.05. The predicted octanol–water partition coefficient (Wildman–Crippen LogP) is 3.13. The highest BCUT2D eigenvalue weighted by Gasteiger charge is 2.36. The van der Waals surface area contributed by atoms with Crippen LogP contribution in [0.15, 0.2) is 18.2 Å². The van der Waals surface area contributed by atoms with Crippen LogP contribution in [0.3, 0.4) is 0 Å². The van der Waals surface area contributed by atoms with E-state index in [1.807, 2.05) is 0 Å². The summed E-state index contributed by atoms with van der Waals surface area (Å²) in [5.74, 6) is -0.444. The molecular weight excluding hydrogens is 433 g/mol. The van der Waals surface area contributed by atoms with E-state index in [-0.39, 0.29) is 56.8 Å². The van der Waals surface area contributed by atoms with Crippen molar-refractivity contribution in [3.8, 4) is 0 Å². The summed E-state index contributed by atoms with van der Waals surface area (Å²) >= 11 is 0. The smallest absolute Gasteiger partial charge is 0.416 e. The van der Waals surface area contributed by atoms with Gasteiger partial charge in [0.15, 0.2) is 0 Å². The average molecular weight is 458 g/mol. The van der Waals surface area contributed by atoms with Crippen LogP contribution in [-0.4, -0.2) is 72.6 Å². The van der Waals surface area contributed by atoms with Gasteiger partial charge in [-0.15, -0.1) is 0 Å². The van der Waals surface area contributed by atoms with E-state index >= 15 is 0 Å². The molecule has 2 fully saturated rings. The molecule has 0 aliphatic carbocycles. The lowest BCUT2D eigenvalue weighted by Crippen LogP contribution is -2.53. The molecule has 1 atom stereocenters. The molecule has 32 heavy (non-hydrogen) atoms. The van der Waals surface area contributed by atoms with Crippen molar-refractivity contribution >= 4 is 23.4 Å². The quantitative estimate of drug-likeness (QED) is 0.508. The molecule has 0 N–H and O–H groups in total. The van der Waals surface area contributed by atoms with Crippen molar-refractivity contribution < 1.29 is 32.4 Å². The van der Waals surface area contributed by atoms with Crippen LogP contribution in [0.25, 0.3) is 0 Å². The molecule has 3 rings (SSSR count). The molecule has 0 saturated carbocycles. The SMILES string of the molecule is CCOC(=O)N1CCCC(C(=O)N2CCN(c3ccc(C(F)(F)F)cc3[N+](=O)[O-])CC2)C1. The zero-order valence-electron chi connectivity index (χ0n) is 17.6. The van der Waals surface area contributed by atoms with E-state index in [1.165, 1.54) is 4.90 Å². The highest BCUT2D eigenvalue weighted by atomic mass is 19.4. The van der Waals surface area contributed by atoms with Crippen molar-refractivity contribution in [2.24, 2.45) is 5.92 Å². The van der Waals surface area contributed by atoms with Gasteiger partial charge in [0.05, 0.1) is 23.0 Å². The normalized spacial score (nSPS) is 19.6. The Labute approximate surface area is 182 Å². The van der Waals surface area contributed by atoms with Crippen molar-refractivity contribution in [2.75, 3.05) is 50.8 Å². The Balaban J connectivity index is 1.64. The molecule has 1 unspecified atom stereocenters. The second kappa shape index (κ2) is 9.61. The molecule has 0 bridgehead atoms. The number of amides is 2. The van der Waals surface area contributed by atoms with E-state index in [0.717, 1.165) is 12.1 Å². The van der Waals surface area contributed by atoms with Crippen LogP contribution in [0.2, 0.25) is 0 Å². The highest BCUT2D eigenvalue weighted by Crippen LogP contribution is 2.37. The maximum absolute atomic E-state index is 12.9. The van der Waals surface area contributed by atoms with Crippen molar-refractivity contribution in [1.82, 2.24) is 9.80 Å². The number of piperazine rings is 1. The lowest BCUT2D eigenvalue weighted by molar-refractivity contribution is -0.384. The molecule has 2 amide bonds. The number of ether oxygens (including phenoxy) is 1. The number of halogens is 3. The summed E-state index contributed by atoms with van der Waals surface area (Å²) in [4.78, 5) is 40.2. The second-order valence-electron chi connectivity index (χ2n) is 7.75. The van der Waals surface area contributed by atoms with Gasteiger partial charge in [-0.2, -0.15) is 13.2 Å². The van der Waals surface area contributed by atoms with Crippen molar-refractivity contribution in [3.05, 3.63) is 33.9 Å². The molecule has 2 heterocycles. The van der Waals surface area contributed by atoms with Gasteiger partial charge in [-0.1, -0.05) is 0 Å². The Morgan fingerprint density at radius 2 is 1.84 bits per heavy atom. The molecule has 0 spiro atoms. The fraction of sp³-hybridized carbons (Fsp3) is 0.600. The Morgan fingerprint density at radius 1 is 1.16 bits per heavy atom. The molecule has 1 aromatic rings. The monoisotopic (exact) mass is 458 g/mol. The lowest BCUT2D eigenvalue weighted by atomic mass is 9.96. The van der Waals surface area contributed by atoms with Crippen LogP contribution in [0.5, 0.6) is 0 Å². The number of anilines is 1. The Morgan fingerprint density at radius 3 is 2.44 bits per heavy atom. The zero-order chi connectivity index (χ0) is 23.5. The van der Waals surface area contributed by atoms with Gasteiger partial charge >= 0.3 is 12.3 Å². The maximum Gasteiger partial charge on any atom is 0.416 e. The van der Waals surface area contributed by atoms with Crippen LogP contribution >= 0.6 is 0 Å². The third kappa shape index (κ3) is 5.22. The molecule has 2 aliphatic rings. The van der Waals surface area contributed by atoms with Crippen LogP contribution in [-0.2, 0) is 15.7 Å². The first-order valence-corrected chi connectivity index (χ1v) is 10.4. The topological polar surface area (TPSA) is 96.2 Å². The van der Waals surface area contributed by atoms with Crippen LogP contribution in [0.4, 0.5) is 29.3 Å². The van der Waals surface area contributed by atoms with Crippen molar-refractivity contribution in [3.63, 3.8) is 0 Å². The molecule has 9 nitrogen and oxygen atoms in total. The lowest BCUT2D eigenvalue weighted by Gasteiger charge is -2.39. The van der Waals surface area contributed by atoms with Gasteiger partial charge in [-0.05, 0) is 31.9 Å².